The zero-order valence-electron chi connectivity index (χ0n) is 5.85. The summed E-state index contributed by atoms with van der Waals surface area (Å²) in [6, 6.07) is 6.40. The fraction of sp³-hybridized carbons (Fsp3) is 0.250. The fourth-order valence-electron chi connectivity index (χ4n) is 1.17. The van der Waals surface area contributed by atoms with Gasteiger partial charge in [-0.15, -0.1) is 11.8 Å². The van der Waals surface area contributed by atoms with E-state index in [4.69, 9.17) is 0 Å². The Hall–Kier alpha value is -0.630. The summed E-state index contributed by atoms with van der Waals surface area (Å²) in [5.74, 6) is 1.03. The number of rotatable bonds is 0. The molecule has 0 unspecified atom stereocenters. The van der Waals surface area contributed by atoms with Crippen LogP contribution < -0.4 is 5.32 Å². The molecule has 1 nitrogen and oxygen atoms in total. The van der Waals surface area contributed by atoms with Crippen LogP contribution >= 0.6 is 11.8 Å². The highest BCUT2D eigenvalue weighted by Gasteiger charge is 2.10. The van der Waals surface area contributed by atoms with E-state index in [-0.39, 0.29) is 0 Å². The van der Waals surface area contributed by atoms with Crippen molar-refractivity contribution in [3.63, 3.8) is 0 Å². The summed E-state index contributed by atoms with van der Waals surface area (Å²) in [4.78, 5) is 1.39. The number of fused-ring (bicyclic) bond motifs is 1. The third kappa shape index (κ3) is 0.797. The minimum atomic E-state index is 1.03. The minimum Gasteiger partial charge on any atom is -0.375 e. The molecule has 1 aromatic carbocycles. The Bertz CT molecular complexity index is 257. The van der Waals surface area contributed by atoms with Gasteiger partial charge >= 0.3 is 0 Å². The van der Waals surface area contributed by atoms with Crippen LogP contribution in [0.1, 0.15) is 5.56 Å². The Kier molecular flexibility index (Phi) is 1.34. The third-order valence-corrected chi connectivity index (χ3v) is 2.65. The lowest BCUT2D eigenvalue weighted by molar-refractivity contribution is 1.34. The second-order valence-corrected chi connectivity index (χ2v) is 3.43. The summed E-state index contributed by atoms with van der Waals surface area (Å²) < 4.78 is 0. The van der Waals surface area contributed by atoms with E-state index < -0.39 is 0 Å². The molecule has 0 fully saturated rings. The van der Waals surface area contributed by atoms with Crippen molar-refractivity contribution >= 4 is 17.4 Å². The average molecular weight is 151 g/mol. The fourth-order valence-corrected chi connectivity index (χ4v) is 2.10. The van der Waals surface area contributed by atoms with Gasteiger partial charge in [-0.3, -0.25) is 0 Å². The maximum absolute atomic E-state index is 3.33. The van der Waals surface area contributed by atoms with Gasteiger partial charge in [-0.1, -0.05) is 12.1 Å². The summed E-state index contributed by atoms with van der Waals surface area (Å²) >= 11 is 1.87. The molecular formula is C8H9NS. The molecule has 0 radical (unpaired) electrons. The first-order valence-electron chi connectivity index (χ1n) is 3.34. The van der Waals surface area contributed by atoms with Crippen LogP contribution in [0.4, 0.5) is 5.69 Å². The highest BCUT2D eigenvalue weighted by molar-refractivity contribution is 7.99. The lowest BCUT2D eigenvalue weighted by atomic mass is 10.2. The van der Waals surface area contributed by atoms with Gasteiger partial charge in [0, 0.05) is 4.90 Å². The summed E-state index contributed by atoms with van der Waals surface area (Å²) in [6.45, 7) is 2.14. The van der Waals surface area contributed by atoms with E-state index in [0.717, 1.165) is 5.88 Å². The van der Waals surface area contributed by atoms with Crippen LogP contribution in [0.5, 0.6) is 0 Å². The lowest BCUT2D eigenvalue weighted by Gasteiger charge is -2.00. The molecule has 0 spiro atoms. The summed E-state index contributed by atoms with van der Waals surface area (Å²) in [5.41, 5.74) is 2.68. The van der Waals surface area contributed by atoms with Gasteiger partial charge in [-0.2, -0.15) is 0 Å². The normalized spacial score (nSPS) is 14.5. The van der Waals surface area contributed by atoms with E-state index >= 15 is 0 Å². The second-order valence-electron chi connectivity index (χ2n) is 2.41. The molecule has 0 bridgehead atoms. The largest absolute Gasteiger partial charge is 0.375 e. The molecule has 0 aliphatic carbocycles. The Morgan fingerprint density at radius 2 is 2.40 bits per heavy atom. The second kappa shape index (κ2) is 2.20. The predicted octanol–water partition coefficient (Wildman–Crippen LogP) is 2.47. The molecule has 1 aliphatic heterocycles. The van der Waals surface area contributed by atoms with Crippen LogP contribution in [-0.2, 0) is 0 Å². The number of anilines is 1. The molecule has 2 rings (SSSR count). The average Bonchev–Trinajstić information content (AvgIpc) is 2.36. The van der Waals surface area contributed by atoms with Crippen molar-refractivity contribution in [2.75, 3.05) is 11.2 Å². The number of para-hydroxylation sites is 1. The number of hydrogen-bond acceptors (Lipinski definition) is 2. The lowest BCUT2D eigenvalue weighted by Crippen LogP contribution is -1.90. The molecule has 0 amide bonds. The van der Waals surface area contributed by atoms with Crippen LogP contribution in [0.3, 0.4) is 0 Å². The Balaban J connectivity index is 2.59. The molecule has 1 N–H and O–H groups in total. The molecule has 2 heteroatoms. The van der Waals surface area contributed by atoms with Crippen molar-refractivity contribution in [1.82, 2.24) is 0 Å². The standard InChI is InChI=1S/C8H9NS/c1-6-3-2-4-7-8(6)9-5-10-7/h2-4,9H,5H2,1H3. The number of nitrogens with one attached hydrogen (secondary N) is 1. The minimum absolute atomic E-state index is 1.03. The first-order chi connectivity index (χ1) is 4.88. The third-order valence-electron chi connectivity index (χ3n) is 1.71. The van der Waals surface area contributed by atoms with Gasteiger partial charge in [0.1, 0.15) is 0 Å². The topological polar surface area (TPSA) is 12.0 Å². The first-order valence-corrected chi connectivity index (χ1v) is 4.33. The first kappa shape index (κ1) is 6.10. The molecule has 52 valence electrons. The highest BCUT2D eigenvalue weighted by Crippen LogP contribution is 2.35. The zero-order valence-corrected chi connectivity index (χ0v) is 6.66. The van der Waals surface area contributed by atoms with E-state index in [2.05, 4.69) is 30.4 Å². The predicted molar refractivity (Wildman–Crippen MR) is 45.5 cm³/mol. The van der Waals surface area contributed by atoms with Crippen LogP contribution in [0.2, 0.25) is 0 Å². The van der Waals surface area contributed by atoms with Gasteiger partial charge in [0.25, 0.3) is 0 Å². The number of thioether (sulfide) groups is 1. The highest BCUT2D eigenvalue weighted by atomic mass is 32.2. The maximum atomic E-state index is 3.33. The van der Waals surface area contributed by atoms with Crippen LogP contribution in [0.15, 0.2) is 23.1 Å². The number of hydrogen-bond donors (Lipinski definition) is 1. The van der Waals surface area contributed by atoms with Crippen LogP contribution in [0.25, 0.3) is 0 Å². The van der Waals surface area contributed by atoms with Crippen molar-refractivity contribution in [3.8, 4) is 0 Å². The Morgan fingerprint density at radius 1 is 1.50 bits per heavy atom. The monoisotopic (exact) mass is 151 g/mol. The summed E-state index contributed by atoms with van der Waals surface area (Å²) in [6.07, 6.45) is 0. The number of aryl methyl sites for hydroxylation is 1. The van der Waals surface area contributed by atoms with Gasteiger partial charge in [-0.25, -0.2) is 0 Å². The van der Waals surface area contributed by atoms with Crippen molar-refractivity contribution in [1.29, 1.82) is 0 Å². The molecule has 1 aromatic rings. The SMILES string of the molecule is Cc1cccc2c1NCS2. The Labute approximate surface area is 64.8 Å². The van der Waals surface area contributed by atoms with Crippen LogP contribution in [0, 0.1) is 6.92 Å². The van der Waals surface area contributed by atoms with Crippen molar-refractivity contribution < 1.29 is 0 Å². The van der Waals surface area contributed by atoms with Crippen molar-refractivity contribution in [2.24, 2.45) is 0 Å². The molecule has 0 saturated carbocycles. The molecular weight excluding hydrogens is 142 g/mol. The molecule has 1 aliphatic rings. The van der Waals surface area contributed by atoms with E-state index in [1.807, 2.05) is 11.8 Å². The Morgan fingerprint density at radius 3 is 3.20 bits per heavy atom. The van der Waals surface area contributed by atoms with E-state index in [9.17, 15) is 0 Å². The van der Waals surface area contributed by atoms with E-state index in [0.29, 0.717) is 0 Å². The summed E-state index contributed by atoms with van der Waals surface area (Å²) in [5, 5.41) is 3.33. The van der Waals surface area contributed by atoms with Gasteiger partial charge in [-0.05, 0) is 18.6 Å². The van der Waals surface area contributed by atoms with Gasteiger partial charge in [0.05, 0.1) is 11.6 Å². The number of benzene rings is 1. The molecule has 1 heterocycles. The van der Waals surface area contributed by atoms with E-state index in [1.54, 1.807) is 0 Å². The zero-order chi connectivity index (χ0) is 6.97. The molecule has 10 heavy (non-hydrogen) atoms. The smallest absolute Gasteiger partial charge is 0.0658 e. The van der Waals surface area contributed by atoms with Gasteiger partial charge in [0.15, 0.2) is 0 Å². The van der Waals surface area contributed by atoms with E-state index in [1.165, 1.54) is 16.1 Å². The maximum Gasteiger partial charge on any atom is 0.0658 e. The quantitative estimate of drug-likeness (QED) is 0.611. The van der Waals surface area contributed by atoms with Crippen LogP contribution in [-0.4, -0.2) is 5.88 Å². The summed E-state index contributed by atoms with van der Waals surface area (Å²) in [7, 11) is 0. The van der Waals surface area contributed by atoms with Crippen molar-refractivity contribution in [3.05, 3.63) is 23.8 Å². The van der Waals surface area contributed by atoms with Gasteiger partial charge < -0.3 is 5.32 Å². The molecule has 0 saturated heterocycles. The van der Waals surface area contributed by atoms with Crippen molar-refractivity contribution in [2.45, 2.75) is 11.8 Å². The van der Waals surface area contributed by atoms with Gasteiger partial charge in [0.2, 0.25) is 0 Å². The molecule has 0 atom stereocenters. The molecule has 0 aromatic heterocycles.